The van der Waals surface area contributed by atoms with Crippen LogP contribution in [-0.2, 0) is 14.8 Å². The van der Waals surface area contributed by atoms with Gasteiger partial charge in [0, 0.05) is 44.4 Å². The van der Waals surface area contributed by atoms with Crippen LogP contribution >= 0.6 is 12.4 Å². The van der Waals surface area contributed by atoms with Crippen LogP contribution in [0.3, 0.4) is 0 Å². The maximum atomic E-state index is 12.6. The first-order chi connectivity index (χ1) is 12.0. The zero-order valence-corrected chi connectivity index (χ0v) is 16.4. The average Bonchev–Trinajstić information content (AvgIpc) is 3.14. The highest BCUT2D eigenvalue weighted by Crippen LogP contribution is 2.16. The smallest absolute Gasteiger partial charge is 0.254 e. The summed E-state index contributed by atoms with van der Waals surface area (Å²) >= 11 is 0. The fourth-order valence-corrected chi connectivity index (χ4v) is 4.24. The highest BCUT2D eigenvalue weighted by Gasteiger charge is 2.25. The molecule has 0 aliphatic carbocycles. The fraction of sp³-hybridized carbons (Fsp3) is 0.588. The van der Waals surface area contributed by atoms with Crippen LogP contribution in [0, 0.1) is 0 Å². The van der Waals surface area contributed by atoms with Crippen molar-refractivity contribution in [2.45, 2.75) is 36.8 Å². The molecule has 2 aliphatic rings. The zero-order valence-electron chi connectivity index (χ0n) is 14.8. The first kappa shape index (κ1) is 21.1. The van der Waals surface area contributed by atoms with Crippen LogP contribution < -0.4 is 10.0 Å². The molecule has 0 spiro atoms. The number of hydrogen-bond donors (Lipinski definition) is 2. The number of ether oxygens (including phenoxy) is 1. The molecular weight excluding hydrogens is 378 g/mol. The molecule has 0 radical (unpaired) electrons. The Hall–Kier alpha value is -1.19. The molecule has 0 saturated carbocycles. The van der Waals surface area contributed by atoms with Gasteiger partial charge in [-0.25, -0.2) is 13.1 Å². The number of halogens is 1. The summed E-state index contributed by atoms with van der Waals surface area (Å²) in [7, 11) is -3.59. The number of nitrogens with one attached hydrogen (secondary N) is 2. The molecule has 1 amide bonds. The summed E-state index contributed by atoms with van der Waals surface area (Å²) in [4.78, 5) is 14.6. The van der Waals surface area contributed by atoms with Crippen molar-refractivity contribution in [2.75, 3.05) is 32.8 Å². The predicted molar refractivity (Wildman–Crippen MR) is 101 cm³/mol. The summed E-state index contributed by atoms with van der Waals surface area (Å²) in [6, 6.07) is 6.25. The van der Waals surface area contributed by atoms with Gasteiger partial charge in [0.25, 0.3) is 5.91 Å². The minimum atomic E-state index is -3.59. The Morgan fingerprint density at radius 1 is 1.35 bits per heavy atom. The number of rotatable bonds is 5. The van der Waals surface area contributed by atoms with Crippen LogP contribution in [0.15, 0.2) is 29.2 Å². The van der Waals surface area contributed by atoms with Crippen LogP contribution in [-0.4, -0.2) is 64.2 Å². The largest absolute Gasteiger partial charge is 0.377 e. The Bertz CT molecular complexity index is 705. The number of carbonyl (C=O) groups is 1. The van der Waals surface area contributed by atoms with E-state index in [1.807, 2.05) is 11.8 Å². The van der Waals surface area contributed by atoms with Crippen molar-refractivity contribution >= 4 is 28.3 Å². The highest BCUT2D eigenvalue weighted by molar-refractivity contribution is 7.89. The summed E-state index contributed by atoms with van der Waals surface area (Å²) in [5.41, 5.74) is 0.506. The third kappa shape index (κ3) is 4.95. The van der Waals surface area contributed by atoms with Gasteiger partial charge in [0.05, 0.1) is 11.0 Å². The summed E-state index contributed by atoms with van der Waals surface area (Å²) in [6.45, 7) is 5.16. The van der Waals surface area contributed by atoms with E-state index in [1.165, 1.54) is 12.1 Å². The molecule has 2 heterocycles. The van der Waals surface area contributed by atoms with E-state index in [1.54, 1.807) is 12.1 Å². The minimum absolute atomic E-state index is 0. The van der Waals surface area contributed by atoms with Gasteiger partial charge in [-0.3, -0.25) is 4.79 Å². The van der Waals surface area contributed by atoms with Gasteiger partial charge in [-0.2, -0.15) is 0 Å². The van der Waals surface area contributed by atoms with Crippen molar-refractivity contribution in [2.24, 2.45) is 0 Å². The Labute approximate surface area is 160 Å². The van der Waals surface area contributed by atoms with Crippen LogP contribution in [0.4, 0.5) is 0 Å². The summed E-state index contributed by atoms with van der Waals surface area (Å²) in [5.74, 6) is -0.0646. The Morgan fingerprint density at radius 3 is 2.69 bits per heavy atom. The van der Waals surface area contributed by atoms with E-state index in [0.29, 0.717) is 18.7 Å². The van der Waals surface area contributed by atoms with Crippen molar-refractivity contribution < 1.29 is 17.9 Å². The maximum Gasteiger partial charge on any atom is 0.254 e. The van der Waals surface area contributed by atoms with E-state index >= 15 is 0 Å². The lowest BCUT2D eigenvalue weighted by Crippen LogP contribution is -2.52. The number of amides is 1. The number of piperazine rings is 1. The topological polar surface area (TPSA) is 87.7 Å². The van der Waals surface area contributed by atoms with E-state index in [9.17, 15) is 13.2 Å². The molecule has 0 aromatic heterocycles. The third-order valence-electron chi connectivity index (χ3n) is 4.70. The molecule has 2 N–H and O–H groups in total. The van der Waals surface area contributed by atoms with Crippen LogP contribution in [0.25, 0.3) is 0 Å². The van der Waals surface area contributed by atoms with E-state index in [0.717, 1.165) is 25.9 Å². The molecule has 2 unspecified atom stereocenters. The maximum absolute atomic E-state index is 12.6. The van der Waals surface area contributed by atoms with Gasteiger partial charge in [0.2, 0.25) is 10.0 Å². The molecule has 2 aliphatic heterocycles. The third-order valence-corrected chi connectivity index (χ3v) is 6.14. The van der Waals surface area contributed by atoms with E-state index < -0.39 is 10.0 Å². The Kier molecular flexibility index (Phi) is 7.42. The number of sulfonamides is 1. The van der Waals surface area contributed by atoms with Crippen molar-refractivity contribution in [3.05, 3.63) is 29.8 Å². The van der Waals surface area contributed by atoms with Crippen LogP contribution in [0.2, 0.25) is 0 Å². The number of nitrogens with zero attached hydrogens (tertiary/aromatic N) is 1. The van der Waals surface area contributed by atoms with Gasteiger partial charge in [-0.15, -0.1) is 12.4 Å². The Balaban J connectivity index is 0.00000243. The number of benzene rings is 1. The highest BCUT2D eigenvalue weighted by atomic mass is 35.5. The molecule has 0 bridgehead atoms. The van der Waals surface area contributed by atoms with Crippen molar-refractivity contribution in [3.63, 3.8) is 0 Å². The Morgan fingerprint density at radius 2 is 2.08 bits per heavy atom. The molecule has 1 aromatic rings. The van der Waals surface area contributed by atoms with Gasteiger partial charge < -0.3 is 15.0 Å². The van der Waals surface area contributed by atoms with Gasteiger partial charge >= 0.3 is 0 Å². The van der Waals surface area contributed by atoms with Crippen molar-refractivity contribution in [3.8, 4) is 0 Å². The van der Waals surface area contributed by atoms with Crippen LogP contribution in [0.1, 0.15) is 30.1 Å². The normalized spacial score (nSPS) is 23.5. The predicted octanol–water partition coefficient (Wildman–Crippen LogP) is 1.000. The second-order valence-corrected chi connectivity index (χ2v) is 8.33. The van der Waals surface area contributed by atoms with Gasteiger partial charge in [-0.1, -0.05) is 0 Å². The fourth-order valence-electron chi connectivity index (χ4n) is 3.18. The lowest BCUT2D eigenvalue weighted by molar-refractivity contribution is 0.0655. The van der Waals surface area contributed by atoms with Crippen molar-refractivity contribution in [1.29, 1.82) is 0 Å². The van der Waals surface area contributed by atoms with Gasteiger partial charge in [0.15, 0.2) is 0 Å². The quantitative estimate of drug-likeness (QED) is 0.765. The average molecular weight is 404 g/mol. The molecule has 9 heteroatoms. The lowest BCUT2D eigenvalue weighted by Gasteiger charge is -2.34. The van der Waals surface area contributed by atoms with Gasteiger partial charge in [0.1, 0.15) is 0 Å². The number of carbonyl (C=O) groups excluding carboxylic acids is 1. The summed E-state index contributed by atoms with van der Waals surface area (Å²) < 4.78 is 32.7. The molecular formula is C17H26ClN3O4S. The minimum Gasteiger partial charge on any atom is -0.377 e. The summed E-state index contributed by atoms with van der Waals surface area (Å²) in [5, 5.41) is 3.25. The lowest BCUT2D eigenvalue weighted by atomic mass is 10.1. The molecule has 3 rings (SSSR count). The molecule has 1 aromatic carbocycles. The second kappa shape index (κ2) is 9.14. The molecule has 2 atom stereocenters. The summed E-state index contributed by atoms with van der Waals surface area (Å²) in [6.07, 6.45) is 1.79. The molecule has 146 valence electrons. The second-order valence-electron chi connectivity index (χ2n) is 6.56. The molecule has 26 heavy (non-hydrogen) atoms. The first-order valence-electron chi connectivity index (χ1n) is 8.70. The van der Waals surface area contributed by atoms with Gasteiger partial charge in [-0.05, 0) is 44.0 Å². The number of hydrogen-bond acceptors (Lipinski definition) is 5. The van der Waals surface area contributed by atoms with E-state index in [4.69, 9.17) is 4.74 Å². The standard InChI is InChI=1S/C17H25N3O4S.ClH/c1-13-11-18-8-9-20(13)17(21)14-4-6-16(7-5-14)25(22,23)19-12-15-3-2-10-24-15;/h4-7,13,15,18-19H,2-3,8-12H2,1H3;1H. The SMILES string of the molecule is CC1CNCCN1C(=O)c1ccc(S(=O)(=O)NCC2CCCO2)cc1.Cl. The van der Waals surface area contributed by atoms with E-state index in [-0.39, 0.29) is 41.9 Å². The molecule has 2 fully saturated rings. The molecule has 2 saturated heterocycles. The zero-order chi connectivity index (χ0) is 17.9. The van der Waals surface area contributed by atoms with Crippen LogP contribution in [0.5, 0.6) is 0 Å². The monoisotopic (exact) mass is 403 g/mol. The van der Waals surface area contributed by atoms with Crippen molar-refractivity contribution in [1.82, 2.24) is 14.9 Å². The first-order valence-corrected chi connectivity index (χ1v) is 10.2. The molecule has 7 nitrogen and oxygen atoms in total. The van der Waals surface area contributed by atoms with E-state index in [2.05, 4.69) is 10.0 Å².